The number of alkyl halides is 9. The van der Waals surface area contributed by atoms with Gasteiger partial charge in [0.15, 0.2) is 0 Å². The lowest BCUT2D eigenvalue weighted by Gasteiger charge is -2.39. The lowest BCUT2D eigenvalue weighted by molar-refractivity contribution is -0.150. The second-order valence-electron chi connectivity index (χ2n) is 34.7. The highest BCUT2D eigenvalue weighted by Crippen LogP contribution is 2.40. The first kappa shape index (κ1) is 100. The van der Waals surface area contributed by atoms with Crippen LogP contribution in [-0.2, 0) is 19.6 Å². The Morgan fingerprint density at radius 1 is 0.404 bits per heavy atom. The first-order valence-corrected chi connectivity index (χ1v) is 44.7. The summed E-state index contributed by atoms with van der Waals surface area (Å²) in [7, 11) is 11.8. The van der Waals surface area contributed by atoms with Crippen molar-refractivity contribution in [2.45, 2.75) is 119 Å². The normalized spacial score (nSPS) is 15.3. The SMILES string of the molecule is CNc1cc(-c2ccn3c([C@@H](C)N4CCN(CC(F)(F)F)CC4)c(C)c(C(=O)NCc4c(OC)cc(C)[nH]c4=O)cc23)ccn1.CNc1cc(-c2ccn3c([C@H](C)N4CCN(CC(F)(F)F)CC4)c(C)c(C(=O)NCc4c(OC)cc(C)[nH]c4=O)cc23)ccn1.COc1cc(C)[nH]c(=O)c1CNC(=O)c1cc2c(-c3ccnc(N(C)C)c3)ccn2c(C(C)N2CCN(CC(F)(F)F)CC2)c1C. The molecule has 3 amide bonds. The molecular weight excluding hydrogens is 1770 g/mol. The number of methoxy groups -OCH3 is 3. The van der Waals surface area contributed by atoms with Gasteiger partial charge in [0.2, 0.25) is 0 Å². The van der Waals surface area contributed by atoms with E-state index in [0.717, 1.165) is 89.5 Å². The summed E-state index contributed by atoms with van der Waals surface area (Å²) in [4.78, 5) is 114. The third kappa shape index (κ3) is 23.2. The molecule has 15 heterocycles. The summed E-state index contributed by atoms with van der Waals surface area (Å²) in [5.74, 6) is 2.24. The van der Waals surface area contributed by atoms with Gasteiger partial charge in [0.1, 0.15) is 34.7 Å². The van der Waals surface area contributed by atoms with Crippen molar-refractivity contribution in [3.63, 3.8) is 0 Å². The van der Waals surface area contributed by atoms with Gasteiger partial charge in [0.05, 0.1) is 93.8 Å². The third-order valence-corrected chi connectivity index (χ3v) is 25.6. The van der Waals surface area contributed by atoms with Gasteiger partial charge in [0.25, 0.3) is 34.4 Å². The molecule has 0 saturated carbocycles. The minimum Gasteiger partial charge on any atom is -0.496 e. The summed E-state index contributed by atoms with van der Waals surface area (Å²) in [5.41, 5.74) is 15.8. The zero-order valence-corrected chi connectivity index (χ0v) is 79.0. The van der Waals surface area contributed by atoms with E-state index in [9.17, 15) is 68.3 Å². The number of rotatable bonds is 27. The van der Waals surface area contributed by atoms with Crippen molar-refractivity contribution >= 4 is 51.7 Å². The average molecular weight is 1890 g/mol. The lowest BCUT2D eigenvalue weighted by Crippen LogP contribution is -2.49. The van der Waals surface area contributed by atoms with E-state index in [1.165, 1.54) is 36.0 Å². The Labute approximate surface area is 780 Å². The number of halogens is 9. The molecule has 726 valence electrons. The molecule has 136 heavy (non-hydrogen) atoms. The van der Waals surface area contributed by atoms with Crippen LogP contribution in [0.1, 0.15) is 138 Å². The minimum absolute atomic E-state index is 0.0429. The van der Waals surface area contributed by atoms with Gasteiger partial charge in [-0.3, -0.25) is 58.2 Å². The maximum atomic E-state index is 13.9. The number of H-pyrrole nitrogens is 3. The van der Waals surface area contributed by atoms with Gasteiger partial charge in [-0.15, -0.1) is 0 Å². The number of piperazine rings is 3. The van der Waals surface area contributed by atoms with E-state index in [2.05, 4.69) is 84.4 Å². The number of hydrogen-bond donors (Lipinski definition) is 8. The van der Waals surface area contributed by atoms with E-state index >= 15 is 0 Å². The third-order valence-electron chi connectivity index (χ3n) is 25.6. The Bertz CT molecular complexity index is 6280. The molecule has 12 aromatic heterocycles. The molecule has 3 aliphatic rings. The molecular formula is C97H116F9N21O9. The van der Waals surface area contributed by atoms with Crippen LogP contribution in [0.2, 0.25) is 0 Å². The van der Waals surface area contributed by atoms with Crippen molar-refractivity contribution in [2.75, 3.05) is 163 Å². The number of hydrogen-bond acceptors (Lipinski definition) is 21. The molecule has 15 rings (SSSR count). The van der Waals surface area contributed by atoms with Gasteiger partial charge >= 0.3 is 18.5 Å². The van der Waals surface area contributed by atoms with E-state index in [4.69, 9.17) is 14.2 Å². The van der Waals surface area contributed by atoms with Gasteiger partial charge in [0, 0.05) is 230 Å². The molecule has 0 radical (unpaired) electrons. The summed E-state index contributed by atoms with van der Waals surface area (Å²) < 4.78 is 140. The molecule has 1 unspecified atom stereocenters. The number of aryl methyl sites for hydroxylation is 3. The number of nitrogens with one attached hydrogen (secondary N) is 8. The molecule has 0 bridgehead atoms. The van der Waals surface area contributed by atoms with E-state index in [1.54, 1.807) is 71.7 Å². The number of ether oxygens (including phenoxy) is 3. The fraction of sp³-hybridized carbons (Fsp3) is 0.412. The smallest absolute Gasteiger partial charge is 0.401 e. The second kappa shape index (κ2) is 42.5. The van der Waals surface area contributed by atoms with Crippen molar-refractivity contribution in [1.82, 2.24) is 88.5 Å². The van der Waals surface area contributed by atoms with Crippen LogP contribution < -0.4 is 62.4 Å². The number of carbonyl (C=O) groups excluding carboxylic acids is 3. The van der Waals surface area contributed by atoms with E-state index < -0.39 is 38.2 Å². The first-order chi connectivity index (χ1) is 64.6. The summed E-state index contributed by atoms with van der Waals surface area (Å²) in [6.45, 7) is 18.5. The second-order valence-corrected chi connectivity index (χ2v) is 34.7. The van der Waals surface area contributed by atoms with Crippen LogP contribution in [0.3, 0.4) is 0 Å². The predicted molar refractivity (Wildman–Crippen MR) is 506 cm³/mol. The van der Waals surface area contributed by atoms with Gasteiger partial charge in [-0.2, -0.15) is 39.5 Å². The molecule has 30 nitrogen and oxygen atoms in total. The van der Waals surface area contributed by atoms with Crippen LogP contribution in [0, 0.1) is 41.5 Å². The van der Waals surface area contributed by atoms with Crippen molar-refractivity contribution in [2.24, 2.45) is 0 Å². The summed E-state index contributed by atoms with van der Waals surface area (Å²) in [5, 5.41) is 14.8. The molecule has 3 aliphatic heterocycles. The monoisotopic (exact) mass is 1890 g/mol. The van der Waals surface area contributed by atoms with Gasteiger partial charge in [-0.1, -0.05) is 0 Å². The maximum absolute atomic E-state index is 13.9. The first-order valence-electron chi connectivity index (χ1n) is 44.7. The zero-order valence-electron chi connectivity index (χ0n) is 79.0. The summed E-state index contributed by atoms with van der Waals surface area (Å²) in [6, 6.07) is 27.5. The Morgan fingerprint density at radius 2 is 0.676 bits per heavy atom. The van der Waals surface area contributed by atoms with E-state index in [-0.39, 0.29) is 72.2 Å². The fourth-order valence-corrected chi connectivity index (χ4v) is 18.5. The highest BCUT2D eigenvalue weighted by Gasteiger charge is 2.39. The molecule has 3 fully saturated rings. The zero-order chi connectivity index (χ0) is 98.3. The molecule has 0 aliphatic carbocycles. The average Bonchev–Trinajstić information content (AvgIpc) is 1.57. The fourth-order valence-electron chi connectivity index (χ4n) is 18.5. The van der Waals surface area contributed by atoms with Gasteiger partial charge in [-0.05, 0) is 187 Å². The standard InChI is InChI=1S/C33H40F3N7O3.2C32H38F3N7O3/c1-20-15-28(46-6)26(32(45)39-20)18-38-31(44)25-17-27-24(23-7-9-37-29(16-23)40(4)5)8-10-43(27)30(21(25)2)22(3)42-13-11-41(12-14-42)19-33(34,35)36;2*1-19-14-27(45-5)25(31(44)39-19)17-38-30(43)24-16-26-23(22-6-8-37-28(15-22)36-4)7-9-42(26)29(20(24)2)21(3)41-12-10-40(11-13-41)18-32(33,34)35/h7-10,15-17,22H,11-14,18-19H2,1-6H3,(H,38,44)(H,39,45);2*6-9,14-16,21H,10-13,17-18H2,1-5H3,(H,36,37)(H,38,43)(H,39,44)/t;2*21-/m.10/s1. The van der Waals surface area contributed by atoms with Gasteiger partial charge in [-0.25, -0.2) is 15.0 Å². The Balaban J connectivity index is 0.000000173. The largest absolute Gasteiger partial charge is 0.496 e. The number of pyridine rings is 9. The highest BCUT2D eigenvalue weighted by atomic mass is 19.4. The van der Waals surface area contributed by atoms with Crippen molar-refractivity contribution in [3.05, 3.63) is 243 Å². The Hall–Kier alpha value is -13.1. The summed E-state index contributed by atoms with van der Waals surface area (Å²) >= 11 is 0. The Kier molecular flexibility index (Phi) is 31.3. The van der Waals surface area contributed by atoms with E-state index in [1.807, 2.05) is 152 Å². The topological polar surface area (TPSA) is 312 Å². The highest BCUT2D eigenvalue weighted by molar-refractivity contribution is 6.01. The predicted octanol–water partition coefficient (Wildman–Crippen LogP) is 13.6. The van der Waals surface area contributed by atoms with Crippen molar-refractivity contribution in [1.29, 1.82) is 0 Å². The van der Waals surface area contributed by atoms with Crippen LogP contribution in [0.5, 0.6) is 17.2 Å². The number of amides is 3. The number of nitrogens with zero attached hydrogens (tertiary/aromatic N) is 13. The lowest BCUT2D eigenvalue weighted by atomic mass is 9.98. The quantitative estimate of drug-likeness (QED) is 0.0222. The number of anilines is 3. The number of aromatic nitrogens is 9. The van der Waals surface area contributed by atoms with Crippen LogP contribution in [0.15, 0.2) is 143 Å². The molecule has 12 aromatic rings. The number of aromatic amines is 3. The molecule has 39 heteroatoms. The summed E-state index contributed by atoms with van der Waals surface area (Å²) in [6.07, 6.45) is -1.67. The van der Waals surface area contributed by atoms with Gasteiger partial charge < -0.3 is 73.8 Å². The minimum atomic E-state index is -4.24. The van der Waals surface area contributed by atoms with Crippen molar-refractivity contribution in [3.8, 4) is 50.6 Å². The van der Waals surface area contributed by atoms with Crippen LogP contribution >= 0.6 is 0 Å². The molecule has 3 atom stereocenters. The molecule has 0 spiro atoms. The van der Waals surface area contributed by atoms with Crippen molar-refractivity contribution < 1.29 is 68.1 Å². The van der Waals surface area contributed by atoms with Crippen LogP contribution in [0.4, 0.5) is 57.0 Å². The molecule has 0 aromatic carbocycles. The molecule has 8 N–H and O–H groups in total. The Morgan fingerprint density at radius 3 is 0.934 bits per heavy atom. The van der Waals surface area contributed by atoms with Crippen LogP contribution in [-0.4, -0.2) is 256 Å². The van der Waals surface area contributed by atoms with Crippen LogP contribution in [0.25, 0.3) is 49.9 Å². The number of carbonyl (C=O) groups is 3. The molecule has 3 saturated heterocycles. The maximum Gasteiger partial charge on any atom is 0.401 e. The number of fused-ring (bicyclic) bond motifs is 3. The van der Waals surface area contributed by atoms with E-state index in [0.29, 0.717) is 158 Å².